The molecule has 0 saturated carbocycles. The van der Waals surface area contributed by atoms with Crippen LogP contribution in [-0.4, -0.2) is 43.6 Å². The topological polar surface area (TPSA) is 79.3 Å². The number of ether oxygens (including phenoxy) is 1. The number of hydrazone groups is 1. The second-order valence-corrected chi connectivity index (χ2v) is 9.36. The van der Waals surface area contributed by atoms with Gasteiger partial charge in [-0.15, -0.1) is 0 Å². The first kappa shape index (κ1) is 18.3. The van der Waals surface area contributed by atoms with Crippen molar-refractivity contribution in [2.24, 2.45) is 5.10 Å². The molecule has 0 spiro atoms. The number of ketones is 1. The number of carbonyl (C=O) groups excluding carboxylic acids is 1. The van der Waals surface area contributed by atoms with Crippen LogP contribution in [0.3, 0.4) is 0 Å². The fraction of sp³-hybridized carbons (Fsp3) is 0.263. The molecule has 140 valence electrons. The fourth-order valence-corrected chi connectivity index (χ4v) is 4.71. The highest BCUT2D eigenvalue weighted by Gasteiger charge is 2.43. The molecule has 0 N–H and O–H groups in total. The van der Waals surface area contributed by atoms with Gasteiger partial charge in [0, 0.05) is 4.47 Å². The lowest BCUT2D eigenvalue weighted by Gasteiger charge is -2.17. The molecule has 0 unspecified atom stereocenters. The van der Waals surface area contributed by atoms with Crippen LogP contribution in [0.5, 0.6) is 0 Å². The van der Waals surface area contributed by atoms with Gasteiger partial charge in [0.15, 0.2) is 0 Å². The van der Waals surface area contributed by atoms with Gasteiger partial charge >= 0.3 is 0 Å². The Morgan fingerprint density at radius 2 is 1.93 bits per heavy atom. The Balaban J connectivity index is 1.72. The van der Waals surface area contributed by atoms with Gasteiger partial charge in [-0.1, -0.05) is 45.8 Å². The van der Waals surface area contributed by atoms with Gasteiger partial charge < -0.3 is 4.74 Å². The number of hydrogen-bond donors (Lipinski definition) is 0. The van der Waals surface area contributed by atoms with Crippen molar-refractivity contribution < 1.29 is 17.9 Å². The number of benzene rings is 2. The van der Waals surface area contributed by atoms with Gasteiger partial charge in [-0.2, -0.15) is 17.9 Å². The van der Waals surface area contributed by atoms with Crippen LogP contribution in [0, 0.1) is 6.92 Å². The van der Waals surface area contributed by atoms with Gasteiger partial charge in [0.1, 0.15) is 11.8 Å². The molecule has 0 amide bonds. The summed E-state index contributed by atoms with van der Waals surface area (Å²) in [7, 11) is -3.84. The van der Waals surface area contributed by atoms with Crippen LogP contribution < -0.4 is 0 Å². The smallest absolute Gasteiger partial charge is 0.279 e. The van der Waals surface area contributed by atoms with Crippen molar-refractivity contribution in [3.63, 3.8) is 0 Å². The van der Waals surface area contributed by atoms with E-state index in [1.807, 2.05) is 31.2 Å². The average molecular weight is 449 g/mol. The van der Waals surface area contributed by atoms with Crippen molar-refractivity contribution in [1.82, 2.24) is 4.41 Å². The minimum atomic E-state index is -3.84. The summed E-state index contributed by atoms with van der Waals surface area (Å²) in [6, 6.07) is 14.1. The molecular weight excluding hydrogens is 432 g/mol. The summed E-state index contributed by atoms with van der Waals surface area (Å²) in [5.74, 6) is -0.680. The lowest BCUT2D eigenvalue weighted by atomic mass is 9.92. The zero-order valence-corrected chi connectivity index (χ0v) is 16.9. The Bertz CT molecular complexity index is 1030. The third kappa shape index (κ3) is 3.56. The predicted octanol–water partition coefficient (Wildman–Crippen LogP) is 2.87. The maximum atomic E-state index is 13.0. The number of sulfonamides is 1. The van der Waals surface area contributed by atoms with Crippen molar-refractivity contribution in [1.29, 1.82) is 0 Å². The van der Waals surface area contributed by atoms with E-state index < -0.39 is 22.0 Å². The molecule has 2 atom stereocenters. The lowest BCUT2D eigenvalue weighted by molar-refractivity contribution is -0.114. The van der Waals surface area contributed by atoms with Crippen LogP contribution >= 0.6 is 15.9 Å². The van der Waals surface area contributed by atoms with E-state index in [1.54, 1.807) is 24.3 Å². The van der Waals surface area contributed by atoms with Gasteiger partial charge in [0.25, 0.3) is 10.0 Å². The third-order valence-electron chi connectivity index (χ3n) is 4.61. The van der Waals surface area contributed by atoms with Crippen molar-refractivity contribution >= 4 is 37.4 Å². The minimum absolute atomic E-state index is 0.0838. The molecule has 2 aromatic rings. The van der Waals surface area contributed by atoms with Gasteiger partial charge in [-0.3, -0.25) is 4.79 Å². The molecule has 0 radical (unpaired) electrons. The molecule has 8 heteroatoms. The van der Waals surface area contributed by atoms with E-state index in [9.17, 15) is 13.2 Å². The first-order chi connectivity index (χ1) is 12.9. The van der Waals surface area contributed by atoms with Crippen LogP contribution in [0.1, 0.15) is 17.0 Å². The zero-order valence-electron chi connectivity index (χ0n) is 14.5. The molecule has 4 rings (SSSR count). The SMILES string of the molecule is Cc1ccc(S(=O)(=O)N2C[C@H](c3cccc(Br)c3)C(C(=O)[C@@H]3CO3)=N2)cc1. The van der Waals surface area contributed by atoms with E-state index in [4.69, 9.17) is 4.74 Å². The third-order valence-corrected chi connectivity index (χ3v) is 6.76. The Labute approximate surface area is 166 Å². The Morgan fingerprint density at radius 3 is 2.56 bits per heavy atom. The number of halogens is 1. The fourth-order valence-electron chi connectivity index (χ4n) is 3.03. The number of rotatable bonds is 5. The lowest BCUT2D eigenvalue weighted by Crippen LogP contribution is -2.27. The highest BCUT2D eigenvalue weighted by molar-refractivity contribution is 9.10. The van der Waals surface area contributed by atoms with Crippen LogP contribution in [0.4, 0.5) is 0 Å². The molecule has 1 saturated heterocycles. The van der Waals surface area contributed by atoms with Crippen LogP contribution in [-0.2, 0) is 19.6 Å². The van der Waals surface area contributed by atoms with Crippen molar-refractivity contribution in [3.8, 4) is 0 Å². The summed E-state index contributed by atoms with van der Waals surface area (Å²) in [6.45, 7) is 2.33. The molecule has 0 bridgehead atoms. The predicted molar refractivity (Wildman–Crippen MR) is 104 cm³/mol. The highest BCUT2D eigenvalue weighted by Crippen LogP contribution is 2.32. The van der Waals surface area contributed by atoms with E-state index in [0.717, 1.165) is 20.0 Å². The number of carbonyl (C=O) groups is 1. The van der Waals surface area contributed by atoms with Gasteiger partial charge in [-0.25, -0.2) is 0 Å². The van der Waals surface area contributed by atoms with Gasteiger partial charge in [0.2, 0.25) is 5.78 Å². The quantitative estimate of drug-likeness (QED) is 0.658. The van der Waals surface area contributed by atoms with E-state index >= 15 is 0 Å². The van der Waals surface area contributed by atoms with Crippen molar-refractivity contribution in [2.45, 2.75) is 23.8 Å². The van der Waals surface area contributed by atoms with E-state index in [1.165, 1.54) is 0 Å². The van der Waals surface area contributed by atoms with Crippen molar-refractivity contribution in [2.75, 3.05) is 13.2 Å². The summed E-state index contributed by atoms with van der Waals surface area (Å²) >= 11 is 3.42. The van der Waals surface area contributed by atoms with Crippen LogP contribution in [0.15, 0.2) is 63.0 Å². The second kappa shape index (κ2) is 6.85. The molecule has 2 heterocycles. The van der Waals surface area contributed by atoms with Crippen LogP contribution in [0.2, 0.25) is 0 Å². The van der Waals surface area contributed by atoms with Gasteiger partial charge in [0.05, 0.1) is 24.0 Å². The number of hydrogen-bond acceptors (Lipinski definition) is 5. The first-order valence-electron chi connectivity index (χ1n) is 8.45. The minimum Gasteiger partial charge on any atom is -0.364 e. The maximum absolute atomic E-state index is 13.0. The summed E-state index contributed by atoms with van der Waals surface area (Å²) in [5, 5.41) is 4.22. The first-order valence-corrected chi connectivity index (χ1v) is 10.7. The second-order valence-electron chi connectivity index (χ2n) is 6.60. The summed E-state index contributed by atoms with van der Waals surface area (Å²) in [6.07, 6.45) is -0.513. The molecule has 1 fully saturated rings. The maximum Gasteiger partial charge on any atom is 0.279 e. The molecular formula is C19H17BrN2O4S. The Kier molecular flexibility index (Phi) is 4.65. The van der Waals surface area contributed by atoms with Crippen LogP contribution in [0.25, 0.3) is 0 Å². The number of epoxide rings is 1. The largest absolute Gasteiger partial charge is 0.364 e. The van der Waals surface area contributed by atoms with Crippen molar-refractivity contribution in [3.05, 3.63) is 64.1 Å². The monoisotopic (exact) mass is 448 g/mol. The van der Waals surface area contributed by atoms with E-state index in [0.29, 0.717) is 6.61 Å². The zero-order chi connectivity index (χ0) is 19.2. The number of Topliss-reactive ketones (excluding diaryl/α,β-unsaturated/α-hetero) is 1. The molecule has 6 nitrogen and oxygen atoms in total. The van der Waals surface area contributed by atoms with E-state index in [2.05, 4.69) is 21.0 Å². The molecule has 2 aliphatic rings. The molecule has 0 aliphatic carbocycles. The normalized spacial score (nSPS) is 21.9. The molecule has 2 aromatic carbocycles. The average Bonchev–Trinajstić information content (AvgIpc) is 3.39. The highest BCUT2D eigenvalue weighted by atomic mass is 79.9. The summed E-state index contributed by atoms with van der Waals surface area (Å²) in [4.78, 5) is 12.8. The molecule has 0 aromatic heterocycles. The summed E-state index contributed by atoms with van der Waals surface area (Å²) in [5.41, 5.74) is 2.03. The number of aryl methyl sites for hydroxylation is 1. The summed E-state index contributed by atoms with van der Waals surface area (Å²) < 4.78 is 33.0. The van der Waals surface area contributed by atoms with E-state index in [-0.39, 0.29) is 22.9 Å². The number of nitrogens with zero attached hydrogens (tertiary/aromatic N) is 2. The molecule has 2 aliphatic heterocycles. The standard InChI is InChI=1S/C19H17BrN2O4S/c1-12-5-7-15(8-6-12)27(24,25)22-10-16(13-3-2-4-14(20)9-13)18(21-22)19(23)17-11-26-17/h2-9,16-17H,10-11H2,1H3/t16-,17+/m1/s1. The Morgan fingerprint density at radius 1 is 1.22 bits per heavy atom. The van der Waals surface area contributed by atoms with Gasteiger partial charge in [-0.05, 0) is 36.8 Å². The Hall–Kier alpha value is -2.03. The molecule has 27 heavy (non-hydrogen) atoms.